The van der Waals surface area contributed by atoms with E-state index in [1.807, 2.05) is 0 Å². The maximum atomic E-state index is 13.1. The third-order valence-electron chi connectivity index (χ3n) is 1.54. The number of rotatable bonds is 2. The predicted molar refractivity (Wildman–Crippen MR) is 45.9 cm³/mol. The van der Waals surface area contributed by atoms with Crippen LogP contribution in [-0.2, 0) is 6.54 Å². The lowest BCUT2D eigenvalue weighted by molar-refractivity contribution is 0.404. The van der Waals surface area contributed by atoms with Gasteiger partial charge in [-0.05, 0) is 12.1 Å². The molecule has 0 spiro atoms. The summed E-state index contributed by atoms with van der Waals surface area (Å²) in [5.41, 5.74) is 5.66. The van der Waals surface area contributed by atoms with Gasteiger partial charge in [-0.2, -0.15) is 0 Å². The van der Waals surface area contributed by atoms with E-state index in [-0.39, 0.29) is 6.54 Å². The van der Waals surface area contributed by atoms with Crippen molar-refractivity contribution in [1.29, 1.82) is 0 Å². The highest BCUT2D eigenvalue weighted by Gasteiger charge is 2.08. The molecule has 1 aromatic carbocycles. The van der Waals surface area contributed by atoms with E-state index >= 15 is 0 Å². The molecule has 0 heterocycles. The molecule has 0 atom stereocenters. The second kappa shape index (κ2) is 3.74. The fourth-order valence-corrected chi connectivity index (χ4v) is 1.15. The molecule has 0 aromatic heterocycles. The smallest absolute Gasteiger partial charge is 0.132 e. The third kappa shape index (κ3) is 1.68. The number of methoxy groups -OCH3 is 1. The van der Waals surface area contributed by atoms with E-state index < -0.39 is 5.82 Å². The highest BCUT2D eigenvalue weighted by atomic mass is 35.5. The Balaban J connectivity index is 3.24. The summed E-state index contributed by atoms with van der Waals surface area (Å²) in [5, 5.41) is 0.307. The highest BCUT2D eigenvalue weighted by Crippen LogP contribution is 2.25. The molecule has 0 aliphatic carbocycles. The first-order valence-corrected chi connectivity index (χ1v) is 3.78. The summed E-state index contributed by atoms with van der Waals surface area (Å²) in [5.74, 6) is -0.0376. The molecule has 1 rings (SSSR count). The Morgan fingerprint density at radius 2 is 2.25 bits per heavy atom. The van der Waals surface area contributed by atoms with Crippen molar-refractivity contribution in [3.05, 3.63) is 28.5 Å². The molecule has 66 valence electrons. The van der Waals surface area contributed by atoms with Gasteiger partial charge in [-0.15, -0.1) is 0 Å². The minimum absolute atomic E-state index is 0.103. The molecule has 0 saturated heterocycles. The number of ether oxygens (including phenoxy) is 1. The third-order valence-corrected chi connectivity index (χ3v) is 1.76. The molecule has 0 aliphatic heterocycles. The standard InChI is InChI=1S/C8H9ClFNO/c1-12-8-3-5(9)2-7(10)6(8)4-11/h2-3H,4,11H2,1H3. The summed E-state index contributed by atoms with van der Waals surface area (Å²) in [4.78, 5) is 0. The zero-order valence-corrected chi connectivity index (χ0v) is 7.36. The van der Waals surface area contributed by atoms with E-state index in [2.05, 4.69) is 0 Å². The fourth-order valence-electron chi connectivity index (χ4n) is 0.960. The van der Waals surface area contributed by atoms with Gasteiger partial charge >= 0.3 is 0 Å². The lowest BCUT2D eigenvalue weighted by Gasteiger charge is -2.07. The van der Waals surface area contributed by atoms with E-state index in [1.54, 1.807) is 0 Å². The van der Waals surface area contributed by atoms with Crippen molar-refractivity contribution in [2.24, 2.45) is 5.73 Å². The maximum absolute atomic E-state index is 13.1. The molecule has 12 heavy (non-hydrogen) atoms. The van der Waals surface area contributed by atoms with E-state index in [1.165, 1.54) is 19.2 Å². The average Bonchev–Trinajstić information content (AvgIpc) is 2.03. The van der Waals surface area contributed by atoms with Crippen LogP contribution in [0.5, 0.6) is 5.75 Å². The topological polar surface area (TPSA) is 35.2 Å². The minimum Gasteiger partial charge on any atom is -0.496 e. The minimum atomic E-state index is -0.429. The van der Waals surface area contributed by atoms with Gasteiger partial charge < -0.3 is 10.5 Å². The maximum Gasteiger partial charge on any atom is 0.132 e. The van der Waals surface area contributed by atoms with Crippen LogP contribution >= 0.6 is 11.6 Å². The van der Waals surface area contributed by atoms with Crippen molar-refractivity contribution in [3.8, 4) is 5.75 Å². The predicted octanol–water partition coefficient (Wildman–Crippen LogP) is 1.95. The number of nitrogens with two attached hydrogens (primary N) is 1. The average molecular weight is 190 g/mol. The zero-order valence-electron chi connectivity index (χ0n) is 6.60. The second-order valence-corrected chi connectivity index (χ2v) is 2.71. The van der Waals surface area contributed by atoms with Crippen LogP contribution < -0.4 is 10.5 Å². The summed E-state index contributed by atoms with van der Waals surface area (Å²) in [6.07, 6.45) is 0. The van der Waals surface area contributed by atoms with Gasteiger partial charge in [0.1, 0.15) is 11.6 Å². The Kier molecular flexibility index (Phi) is 2.89. The van der Waals surface area contributed by atoms with Gasteiger partial charge in [-0.3, -0.25) is 0 Å². The van der Waals surface area contributed by atoms with Crippen molar-refractivity contribution >= 4 is 11.6 Å². The Bertz CT molecular complexity index is 291. The number of halogens is 2. The molecule has 0 saturated carbocycles. The van der Waals surface area contributed by atoms with Crippen LogP contribution in [0.25, 0.3) is 0 Å². The Morgan fingerprint density at radius 3 is 2.75 bits per heavy atom. The van der Waals surface area contributed by atoms with E-state index in [4.69, 9.17) is 22.1 Å². The second-order valence-electron chi connectivity index (χ2n) is 2.27. The first-order chi connectivity index (χ1) is 5.69. The molecule has 0 amide bonds. The Hall–Kier alpha value is -0.800. The number of hydrogen-bond acceptors (Lipinski definition) is 2. The molecular weight excluding hydrogens is 181 g/mol. The molecule has 0 radical (unpaired) electrons. The van der Waals surface area contributed by atoms with E-state index in [0.717, 1.165) is 0 Å². The zero-order chi connectivity index (χ0) is 9.14. The molecule has 2 nitrogen and oxygen atoms in total. The molecular formula is C8H9ClFNO. The van der Waals surface area contributed by atoms with Gasteiger partial charge in [0.25, 0.3) is 0 Å². The van der Waals surface area contributed by atoms with E-state index in [0.29, 0.717) is 16.3 Å². The summed E-state index contributed by atoms with van der Waals surface area (Å²) in [6, 6.07) is 2.75. The fraction of sp³-hybridized carbons (Fsp3) is 0.250. The van der Waals surface area contributed by atoms with Gasteiger partial charge in [0, 0.05) is 17.1 Å². The van der Waals surface area contributed by atoms with Crippen LogP contribution in [0, 0.1) is 5.82 Å². The lowest BCUT2D eigenvalue weighted by atomic mass is 10.2. The van der Waals surface area contributed by atoms with Crippen LogP contribution in [0.15, 0.2) is 12.1 Å². The SMILES string of the molecule is COc1cc(Cl)cc(F)c1CN. The quantitative estimate of drug-likeness (QED) is 0.772. The summed E-state index contributed by atoms with van der Waals surface area (Å²) < 4.78 is 17.9. The Morgan fingerprint density at radius 1 is 1.58 bits per heavy atom. The van der Waals surface area contributed by atoms with Crippen LogP contribution in [0.4, 0.5) is 4.39 Å². The van der Waals surface area contributed by atoms with Gasteiger partial charge in [0.05, 0.1) is 7.11 Å². The van der Waals surface area contributed by atoms with E-state index in [9.17, 15) is 4.39 Å². The highest BCUT2D eigenvalue weighted by molar-refractivity contribution is 6.30. The molecule has 0 fully saturated rings. The molecule has 4 heteroatoms. The van der Waals surface area contributed by atoms with Crippen LogP contribution in [-0.4, -0.2) is 7.11 Å². The monoisotopic (exact) mass is 189 g/mol. The molecule has 1 aromatic rings. The van der Waals surface area contributed by atoms with Gasteiger partial charge in [0.15, 0.2) is 0 Å². The largest absolute Gasteiger partial charge is 0.496 e. The van der Waals surface area contributed by atoms with Crippen molar-refractivity contribution in [1.82, 2.24) is 0 Å². The first kappa shape index (κ1) is 9.29. The van der Waals surface area contributed by atoms with Crippen LogP contribution in [0.1, 0.15) is 5.56 Å². The van der Waals surface area contributed by atoms with Gasteiger partial charge in [-0.25, -0.2) is 4.39 Å². The Labute approximate surface area is 75.1 Å². The van der Waals surface area contributed by atoms with Crippen LogP contribution in [0.3, 0.4) is 0 Å². The first-order valence-electron chi connectivity index (χ1n) is 3.41. The van der Waals surface area contributed by atoms with Crippen molar-refractivity contribution in [2.45, 2.75) is 6.54 Å². The van der Waals surface area contributed by atoms with Gasteiger partial charge in [-0.1, -0.05) is 11.6 Å². The molecule has 0 bridgehead atoms. The molecule has 0 unspecified atom stereocenters. The summed E-state index contributed by atoms with van der Waals surface area (Å²) in [7, 11) is 1.45. The number of hydrogen-bond donors (Lipinski definition) is 1. The van der Waals surface area contributed by atoms with Crippen molar-refractivity contribution in [3.63, 3.8) is 0 Å². The molecule has 0 aliphatic rings. The molecule has 2 N–H and O–H groups in total. The lowest BCUT2D eigenvalue weighted by Crippen LogP contribution is -2.02. The number of benzene rings is 1. The van der Waals surface area contributed by atoms with Crippen molar-refractivity contribution < 1.29 is 9.13 Å². The van der Waals surface area contributed by atoms with Gasteiger partial charge in [0.2, 0.25) is 0 Å². The summed E-state index contributed by atoms with van der Waals surface area (Å²) in [6.45, 7) is 0.103. The van der Waals surface area contributed by atoms with Crippen LogP contribution in [0.2, 0.25) is 5.02 Å². The normalized spacial score (nSPS) is 10.0. The summed E-state index contributed by atoms with van der Waals surface area (Å²) >= 11 is 5.60. The van der Waals surface area contributed by atoms with Crippen molar-refractivity contribution in [2.75, 3.05) is 7.11 Å².